The normalized spacial score (nSPS) is 21.2. The second-order valence-electron chi connectivity index (χ2n) is 6.70. The molecule has 1 aromatic heterocycles. The number of thioether (sulfide) groups is 1. The third-order valence-electron chi connectivity index (χ3n) is 4.78. The molecule has 8 nitrogen and oxygen atoms in total. The zero-order valence-corrected chi connectivity index (χ0v) is 16.2. The average molecular weight is 401 g/mol. The summed E-state index contributed by atoms with van der Waals surface area (Å²) in [6.45, 7) is 3.46. The van der Waals surface area contributed by atoms with Gasteiger partial charge in [0.25, 0.3) is 5.91 Å². The molecule has 28 heavy (non-hydrogen) atoms. The van der Waals surface area contributed by atoms with Gasteiger partial charge in [-0.1, -0.05) is 36.0 Å². The highest BCUT2D eigenvalue weighted by Crippen LogP contribution is 2.56. The number of esters is 1. The summed E-state index contributed by atoms with van der Waals surface area (Å²) in [5, 5.41) is 6.30. The van der Waals surface area contributed by atoms with Gasteiger partial charge in [0.2, 0.25) is 5.91 Å². The number of carbonyl (C=O) groups excluding carboxylic acids is 3. The molecule has 0 radical (unpaired) electrons. The van der Waals surface area contributed by atoms with Crippen molar-refractivity contribution < 1.29 is 23.6 Å². The number of fused-ring (bicyclic) bond motifs is 3. The van der Waals surface area contributed by atoms with Crippen molar-refractivity contribution in [1.82, 2.24) is 5.16 Å². The Morgan fingerprint density at radius 2 is 2.21 bits per heavy atom. The lowest BCUT2D eigenvalue weighted by Crippen LogP contribution is -2.49. The fourth-order valence-corrected chi connectivity index (χ4v) is 4.85. The topological polar surface area (TPSA) is 102 Å². The molecule has 1 aromatic carbocycles. The lowest BCUT2D eigenvalue weighted by Gasteiger charge is -2.30. The lowest BCUT2D eigenvalue weighted by atomic mass is 10.2. The van der Waals surface area contributed by atoms with E-state index < -0.39 is 22.9 Å². The summed E-state index contributed by atoms with van der Waals surface area (Å²) in [5.41, 5.74) is 0.711. The molecule has 4 rings (SSSR count). The summed E-state index contributed by atoms with van der Waals surface area (Å²) >= 11 is 1.31. The Balaban J connectivity index is 1.53. The Morgan fingerprint density at radius 1 is 1.43 bits per heavy atom. The quantitative estimate of drug-likeness (QED) is 0.769. The molecule has 1 fully saturated rings. The minimum absolute atomic E-state index is 0.120. The van der Waals surface area contributed by atoms with Gasteiger partial charge in [-0.3, -0.25) is 14.5 Å². The van der Waals surface area contributed by atoms with E-state index in [0.717, 1.165) is 4.90 Å². The van der Waals surface area contributed by atoms with E-state index in [9.17, 15) is 14.4 Å². The monoisotopic (exact) mass is 401 g/mol. The standard InChI is InChI=1S/C19H19N3O5S/c1-3-13(17(24)20-15-10-11(2)27-21-15)26-18(25)19-9-8-16(23)22(19)12-6-4-5-7-14(12)28-19/h4-7,10,13H,3,8-9H2,1-2H3,(H,20,21,24)/t13-,19+/m0/s1. The van der Waals surface area contributed by atoms with Gasteiger partial charge in [-0.25, -0.2) is 4.79 Å². The average Bonchev–Trinajstić information content (AvgIpc) is 3.33. The number of nitrogens with zero attached hydrogens (tertiary/aromatic N) is 2. The first-order valence-corrected chi connectivity index (χ1v) is 9.82. The number of hydrogen-bond donors (Lipinski definition) is 1. The Kier molecular flexibility index (Phi) is 4.62. The van der Waals surface area contributed by atoms with Crippen LogP contribution in [0, 0.1) is 6.92 Å². The molecule has 2 atom stereocenters. The van der Waals surface area contributed by atoms with Crippen LogP contribution in [-0.4, -0.2) is 33.9 Å². The summed E-state index contributed by atoms with van der Waals surface area (Å²) in [4.78, 5) is 39.3. The molecule has 1 N–H and O–H groups in total. The van der Waals surface area contributed by atoms with E-state index in [0.29, 0.717) is 17.9 Å². The molecule has 3 heterocycles. The van der Waals surface area contributed by atoms with E-state index in [1.54, 1.807) is 19.9 Å². The van der Waals surface area contributed by atoms with Crippen molar-refractivity contribution in [1.29, 1.82) is 0 Å². The maximum Gasteiger partial charge on any atom is 0.344 e. The highest BCUT2D eigenvalue weighted by molar-refractivity contribution is 8.02. The minimum Gasteiger partial charge on any atom is -0.450 e. The molecule has 2 amide bonds. The first-order chi connectivity index (χ1) is 13.4. The molecule has 0 unspecified atom stereocenters. The fourth-order valence-electron chi connectivity index (χ4n) is 3.45. The van der Waals surface area contributed by atoms with Gasteiger partial charge < -0.3 is 14.6 Å². The molecule has 1 saturated heterocycles. The fraction of sp³-hybridized carbons (Fsp3) is 0.368. The number of para-hydroxylation sites is 1. The zero-order valence-electron chi connectivity index (χ0n) is 15.4. The SMILES string of the molecule is CC[C@H](OC(=O)[C@]12CCC(=O)N1c1ccccc1S2)C(=O)Nc1cc(C)on1. The van der Waals surface area contributed by atoms with Gasteiger partial charge in [0.05, 0.1) is 5.69 Å². The Labute approximate surface area is 165 Å². The molecule has 0 aliphatic carbocycles. The van der Waals surface area contributed by atoms with Gasteiger partial charge in [-0.05, 0) is 25.5 Å². The third-order valence-corrected chi connectivity index (χ3v) is 6.24. The number of amides is 2. The third kappa shape index (κ3) is 2.95. The van der Waals surface area contributed by atoms with Crippen LogP contribution in [0.2, 0.25) is 0 Å². The van der Waals surface area contributed by atoms with Crippen molar-refractivity contribution in [3.05, 3.63) is 36.1 Å². The van der Waals surface area contributed by atoms with Crippen molar-refractivity contribution in [3.63, 3.8) is 0 Å². The van der Waals surface area contributed by atoms with Crippen molar-refractivity contribution in [2.75, 3.05) is 10.2 Å². The van der Waals surface area contributed by atoms with Crippen LogP contribution in [0.15, 0.2) is 39.8 Å². The molecular weight excluding hydrogens is 382 g/mol. The molecule has 2 aliphatic heterocycles. The molecule has 9 heteroatoms. The molecule has 0 spiro atoms. The Hall–Kier alpha value is -2.81. The van der Waals surface area contributed by atoms with E-state index in [-0.39, 0.29) is 24.6 Å². The number of benzene rings is 1. The first kappa shape index (κ1) is 18.5. The number of aryl methyl sites for hydroxylation is 1. The van der Waals surface area contributed by atoms with E-state index in [1.807, 2.05) is 24.3 Å². The van der Waals surface area contributed by atoms with Gasteiger partial charge in [0.15, 0.2) is 16.8 Å². The van der Waals surface area contributed by atoms with Crippen molar-refractivity contribution >= 4 is 41.1 Å². The summed E-state index contributed by atoms with van der Waals surface area (Å²) in [6, 6.07) is 8.95. The van der Waals surface area contributed by atoms with E-state index in [1.165, 1.54) is 16.7 Å². The van der Waals surface area contributed by atoms with Crippen LogP contribution in [0.3, 0.4) is 0 Å². The van der Waals surface area contributed by atoms with Crippen LogP contribution in [0.1, 0.15) is 31.9 Å². The highest BCUT2D eigenvalue weighted by atomic mass is 32.2. The number of anilines is 2. The maximum absolute atomic E-state index is 13.1. The highest BCUT2D eigenvalue weighted by Gasteiger charge is 2.59. The van der Waals surface area contributed by atoms with Gasteiger partial charge in [-0.2, -0.15) is 0 Å². The van der Waals surface area contributed by atoms with Crippen molar-refractivity contribution in [2.45, 2.75) is 49.0 Å². The number of carbonyl (C=O) groups is 3. The Morgan fingerprint density at radius 3 is 2.93 bits per heavy atom. The van der Waals surface area contributed by atoms with E-state index in [4.69, 9.17) is 9.26 Å². The predicted molar refractivity (Wildman–Crippen MR) is 102 cm³/mol. The predicted octanol–water partition coefficient (Wildman–Crippen LogP) is 2.87. The van der Waals surface area contributed by atoms with Gasteiger partial charge >= 0.3 is 5.97 Å². The second-order valence-corrected chi connectivity index (χ2v) is 8.02. The minimum atomic E-state index is -1.15. The molecule has 0 bridgehead atoms. The van der Waals surface area contributed by atoms with E-state index >= 15 is 0 Å². The summed E-state index contributed by atoms with van der Waals surface area (Å²) in [6.07, 6.45) is -0.112. The largest absolute Gasteiger partial charge is 0.450 e. The zero-order chi connectivity index (χ0) is 19.9. The smallest absolute Gasteiger partial charge is 0.344 e. The van der Waals surface area contributed by atoms with Crippen LogP contribution < -0.4 is 10.2 Å². The van der Waals surface area contributed by atoms with Crippen LogP contribution in [0.5, 0.6) is 0 Å². The van der Waals surface area contributed by atoms with Crippen LogP contribution in [0.25, 0.3) is 0 Å². The number of rotatable bonds is 5. The van der Waals surface area contributed by atoms with Crippen LogP contribution >= 0.6 is 11.8 Å². The maximum atomic E-state index is 13.1. The van der Waals surface area contributed by atoms with Gasteiger partial charge in [0.1, 0.15) is 5.76 Å². The van der Waals surface area contributed by atoms with Crippen molar-refractivity contribution in [2.24, 2.45) is 0 Å². The summed E-state index contributed by atoms with van der Waals surface area (Å²) in [7, 11) is 0. The Bertz CT molecular complexity index is 959. The van der Waals surface area contributed by atoms with Gasteiger partial charge in [0, 0.05) is 23.8 Å². The molecule has 2 aliphatic rings. The van der Waals surface area contributed by atoms with Crippen LogP contribution in [-0.2, 0) is 19.1 Å². The first-order valence-electron chi connectivity index (χ1n) is 9.01. The molecule has 0 saturated carbocycles. The number of hydrogen-bond acceptors (Lipinski definition) is 7. The molecule has 146 valence electrons. The molecular formula is C19H19N3O5S. The van der Waals surface area contributed by atoms with E-state index in [2.05, 4.69) is 10.5 Å². The number of nitrogens with one attached hydrogen (secondary N) is 1. The summed E-state index contributed by atoms with van der Waals surface area (Å²) < 4.78 is 10.5. The molecule has 2 aromatic rings. The summed E-state index contributed by atoms with van der Waals surface area (Å²) in [5.74, 6) is -0.380. The lowest BCUT2D eigenvalue weighted by molar-refractivity contribution is -0.156. The number of ether oxygens (including phenoxy) is 1. The van der Waals surface area contributed by atoms with Crippen molar-refractivity contribution in [3.8, 4) is 0 Å². The van der Waals surface area contributed by atoms with Crippen LogP contribution in [0.4, 0.5) is 11.5 Å². The van der Waals surface area contributed by atoms with Gasteiger partial charge in [-0.15, -0.1) is 0 Å². The second kappa shape index (κ2) is 6.97. The number of aromatic nitrogens is 1.